The minimum atomic E-state index is -0.675. The molecule has 1 saturated heterocycles. The molecule has 1 aromatic rings. The largest absolute Gasteiger partial charge is 0.299 e. The molecule has 0 radical (unpaired) electrons. The Bertz CT molecular complexity index is 509. The van der Waals surface area contributed by atoms with E-state index in [1.807, 2.05) is 30.3 Å². The second-order valence-corrected chi connectivity index (χ2v) is 4.50. The molecule has 2 atom stereocenters. The van der Waals surface area contributed by atoms with Crippen molar-refractivity contribution in [2.75, 3.05) is 0 Å². The number of rotatable bonds is 2. The summed E-state index contributed by atoms with van der Waals surface area (Å²) < 4.78 is 0. The van der Waals surface area contributed by atoms with Crippen LogP contribution < -0.4 is 0 Å². The average Bonchev–Trinajstić information content (AvgIpc) is 2.50. The van der Waals surface area contributed by atoms with Gasteiger partial charge in [-0.05, 0) is 5.56 Å². The van der Waals surface area contributed by atoms with Gasteiger partial charge in [0.15, 0.2) is 0 Å². The number of likely N-dealkylation sites (tertiary alicyclic amines) is 1. The molecule has 86 valence electrons. The van der Waals surface area contributed by atoms with E-state index in [0.29, 0.717) is 0 Å². The third kappa shape index (κ3) is 1.40. The Morgan fingerprint density at radius 1 is 1.06 bits per heavy atom. The van der Waals surface area contributed by atoms with E-state index in [1.165, 1.54) is 4.90 Å². The van der Waals surface area contributed by atoms with Crippen molar-refractivity contribution < 1.29 is 14.4 Å². The normalized spacial score (nSPS) is 27.1. The molecule has 17 heavy (non-hydrogen) atoms. The zero-order valence-electron chi connectivity index (χ0n) is 9.13. The van der Waals surface area contributed by atoms with Crippen molar-refractivity contribution in [1.29, 1.82) is 0 Å². The van der Waals surface area contributed by atoms with E-state index < -0.39 is 5.92 Å². The number of fused-ring (bicyclic) bond motifs is 1. The van der Waals surface area contributed by atoms with Crippen LogP contribution in [0.3, 0.4) is 0 Å². The van der Waals surface area contributed by atoms with Crippen LogP contribution in [0.15, 0.2) is 30.3 Å². The van der Waals surface area contributed by atoms with E-state index >= 15 is 0 Å². The van der Waals surface area contributed by atoms with Gasteiger partial charge in [-0.1, -0.05) is 30.3 Å². The van der Waals surface area contributed by atoms with E-state index in [9.17, 15) is 14.4 Å². The van der Waals surface area contributed by atoms with Crippen molar-refractivity contribution in [2.45, 2.75) is 13.0 Å². The van der Waals surface area contributed by atoms with Crippen LogP contribution in [0.25, 0.3) is 0 Å². The summed E-state index contributed by atoms with van der Waals surface area (Å²) in [5.41, 5.74) is 0.906. The molecule has 2 aliphatic rings. The van der Waals surface area contributed by atoms with Gasteiger partial charge in [-0.25, -0.2) is 0 Å². The first kappa shape index (κ1) is 10.2. The fourth-order valence-electron chi connectivity index (χ4n) is 2.46. The zero-order chi connectivity index (χ0) is 12.0. The summed E-state index contributed by atoms with van der Waals surface area (Å²) in [6.07, 6.45) is 0.237. The highest BCUT2D eigenvalue weighted by molar-refractivity contribution is 6.20. The molecule has 2 amide bonds. The average molecular weight is 229 g/mol. The quantitative estimate of drug-likeness (QED) is 0.555. The van der Waals surface area contributed by atoms with Crippen LogP contribution in [0.1, 0.15) is 12.0 Å². The zero-order valence-corrected chi connectivity index (χ0v) is 9.13. The lowest BCUT2D eigenvalue weighted by Gasteiger charge is -2.22. The number of imide groups is 1. The Hall–Kier alpha value is -1.97. The number of amides is 2. The summed E-state index contributed by atoms with van der Waals surface area (Å²) in [4.78, 5) is 36.2. The van der Waals surface area contributed by atoms with Gasteiger partial charge in [0.05, 0.1) is 12.5 Å². The molecule has 3 rings (SSSR count). The van der Waals surface area contributed by atoms with Gasteiger partial charge in [0.2, 0.25) is 11.8 Å². The van der Waals surface area contributed by atoms with Crippen LogP contribution in [-0.4, -0.2) is 22.5 Å². The highest BCUT2D eigenvalue weighted by atomic mass is 16.2. The maximum Gasteiger partial charge on any atom is 0.240 e. The topological polar surface area (TPSA) is 54.5 Å². The highest BCUT2D eigenvalue weighted by Gasteiger charge is 2.58. The van der Waals surface area contributed by atoms with Crippen molar-refractivity contribution in [2.24, 2.45) is 11.8 Å². The Morgan fingerprint density at radius 3 is 2.35 bits per heavy atom. The molecular weight excluding hydrogens is 218 g/mol. The predicted octanol–water partition coefficient (Wildman–Crippen LogP) is 0.761. The fraction of sp³-hybridized carbons (Fsp3) is 0.308. The first-order valence-electron chi connectivity index (χ1n) is 5.60. The molecule has 4 nitrogen and oxygen atoms in total. The third-order valence-electron chi connectivity index (χ3n) is 3.47. The Labute approximate surface area is 98.2 Å². The lowest BCUT2D eigenvalue weighted by molar-refractivity contribution is -0.142. The number of ketones is 1. The molecule has 0 aromatic heterocycles. The monoisotopic (exact) mass is 229 g/mol. The molecule has 1 saturated carbocycles. The third-order valence-corrected chi connectivity index (χ3v) is 3.47. The number of Topliss-reactive ketones (excluding diaryl/α,β-unsaturated/α-hetero) is 1. The predicted molar refractivity (Wildman–Crippen MR) is 58.6 cm³/mol. The van der Waals surface area contributed by atoms with Gasteiger partial charge < -0.3 is 0 Å². The van der Waals surface area contributed by atoms with Crippen LogP contribution in [-0.2, 0) is 20.9 Å². The number of carbonyl (C=O) groups excluding carboxylic acids is 3. The molecular formula is C13H11NO3. The van der Waals surface area contributed by atoms with Gasteiger partial charge in [0.25, 0.3) is 0 Å². The van der Waals surface area contributed by atoms with E-state index in [1.54, 1.807) is 0 Å². The first-order valence-corrected chi connectivity index (χ1v) is 5.60. The number of hydrogen-bond acceptors (Lipinski definition) is 3. The molecule has 2 fully saturated rings. The number of benzene rings is 1. The van der Waals surface area contributed by atoms with E-state index in [0.717, 1.165) is 5.56 Å². The Morgan fingerprint density at radius 2 is 1.76 bits per heavy atom. The van der Waals surface area contributed by atoms with Crippen LogP contribution >= 0.6 is 0 Å². The SMILES string of the molecule is O=C1C[C@H]2C(=O)N(Cc3ccccc3)C(=O)[C@@H]12. The van der Waals surface area contributed by atoms with Crippen LogP contribution in [0.4, 0.5) is 0 Å². The number of nitrogens with zero attached hydrogens (tertiary/aromatic N) is 1. The van der Waals surface area contributed by atoms with Crippen molar-refractivity contribution in [3.63, 3.8) is 0 Å². The Balaban J connectivity index is 1.83. The summed E-state index contributed by atoms with van der Waals surface area (Å²) in [5, 5.41) is 0. The number of hydrogen-bond donors (Lipinski definition) is 0. The molecule has 0 spiro atoms. The molecule has 0 N–H and O–H groups in total. The minimum Gasteiger partial charge on any atom is -0.299 e. The first-order chi connectivity index (χ1) is 8.18. The van der Waals surface area contributed by atoms with Gasteiger partial charge in [0.1, 0.15) is 11.7 Å². The maximum atomic E-state index is 11.9. The molecule has 4 heteroatoms. The smallest absolute Gasteiger partial charge is 0.240 e. The summed E-state index contributed by atoms with van der Waals surface area (Å²) >= 11 is 0. The van der Waals surface area contributed by atoms with Crippen LogP contribution in [0.5, 0.6) is 0 Å². The molecule has 1 heterocycles. The highest BCUT2D eigenvalue weighted by Crippen LogP contribution is 2.40. The van der Waals surface area contributed by atoms with Crippen LogP contribution in [0.2, 0.25) is 0 Å². The van der Waals surface area contributed by atoms with Crippen molar-refractivity contribution in [3.05, 3.63) is 35.9 Å². The van der Waals surface area contributed by atoms with Gasteiger partial charge in [-0.2, -0.15) is 0 Å². The van der Waals surface area contributed by atoms with Crippen molar-refractivity contribution >= 4 is 17.6 Å². The van der Waals surface area contributed by atoms with Gasteiger partial charge in [0, 0.05) is 6.42 Å². The maximum absolute atomic E-state index is 11.9. The fourth-order valence-corrected chi connectivity index (χ4v) is 2.46. The Kier molecular flexibility index (Phi) is 2.11. The molecule has 1 aliphatic heterocycles. The second-order valence-electron chi connectivity index (χ2n) is 4.50. The molecule has 1 aliphatic carbocycles. The standard InChI is InChI=1S/C13H11NO3/c15-10-6-9-11(10)13(17)14(12(9)16)7-8-4-2-1-3-5-8/h1-5,9,11H,6-7H2/t9-,11-/m1/s1. The van der Waals surface area contributed by atoms with Gasteiger partial charge in [-0.3, -0.25) is 19.3 Å². The van der Waals surface area contributed by atoms with E-state index in [2.05, 4.69) is 0 Å². The number of carbonyl (C=O) groups is 3. The molecule has 0 unspecified atom stereocenters. The summed E-state index contributed by atoms with van der Waals surface area (Å²) in [6, 6.07) is 9.33. The van der Waals surface area contributed by atoms with Crippen molar-refractivity contribution in [1.82, 2.24) is 4.90 Å². The molecule has 1 aromatic carbocycles. The second kappa shape index (κ2) is 3.52. The molecule has 0 bridgehead atoms. The van der Waals surface area contributed by atoms with E-state index in [-0.39, 0.29) is 36.5 Å². The van der Waals surface area contributed by atoms with Gasteiger partial charge in [-0.15, -0.1) is 0 Å². The minimum absolute atomic E-state index is 0.0936. The van der Waals surface area contributed by atoms with Crippen molar-refractivity contribution in [3.8, 4) is 0 Å². The summed E-state index contributed by atoms with van der Waals surface area (Å²) in [7, 11) is 0. The summed E-state index contributed by atoms with van der Waals surface area (Å²) in [5.74, 6) is -1.66. The van der Waals surface area contributed by atoms with Gasteiger partial charge >= 0.3 is 0 Å². The van der Waals surface area contributed by atoms with Crippen LogP contribution in [0, 0.1) is 11.8 Å². The van der Waals surface area contributed by atoms with E-state index in [4.69, 9.17) is 0 Å². The lowest BCUT2D eigenvalue weighted by Crippen LogP contribution is -2.39. The summed E-state index contributed by atoms with van der Waals surface area (Å²) in [6.45, 7) is 0.277. The lowest BCUT2D eigenvalue weighted by atomic mass is 9.74.